The van der Waals surface area contributed by atoms with Crippen LogP contribution in [-0.4, -0.2) is 92.6 Å². The highest BCUT2D eigenvalue weighted by atomic mass is 32.2. The van der Waals surface area contributed by atoms with Crippen LogP contribution in [0.1, 0.15) is 32.6 Å². The molecule has 2 atom stereocenters. The number of rotatable bonds is 6. The Hall–Kier alpha value is -0.700. The fourth-order valence-electron chi connectivity index (χ4n) is 4.09. The van der Waals surface area contributed by atoms with Gasteiger partial charge in [-0.25, -0.2) is 8.42 Å². The second kappa shape index (κ2) is 6.79. The molecule has 0 unspecified atom stereocenters. The molecule has 1 saturated carbocycles. The third-order valence-corrected chi connectivity index (χ3v) is 7.31. The second-order valence-corrected chi connectivity index (χ2v) is 10.5. The van der Waals surface area contributed by atoms with Crippen LogP contribution in [0.5, 0.6) is 0 Å². The van der Waals surface area contributed by atoms with Crippen molar-refractivity contribution in [3.05, 3.63) is 0 Å². The molecule has 25 heavy (non-hydrogen) atoms. The summed E-state index contributed by atoms with van der Waals surface area (Å²) in [5.41, 5.74) is -0.331. The maximum absolute atomic E-state index is 12.3. The molecule has 2 heterocycles. The van der Waals surface area contributed by atoms with Crippen molar-refractivity contribution in [1.29, 1.82) is 0 Å². The molecule has 2 aliphatic heterocycles. The van der Waals surface area contributed by atoms with E-state index in [1.54, 1.807) is 19.0 Å². The highest BCUT2D eigenvalue weighted by molar-refractivity contribution is 7.88. The van der Waals surface area contributed by atoms with Crippen LogP contribution in [0.25, 0.3) is 0 Å². The van der Waals surface area contributed by atoms with Crippen LogP contribution in [0.15, 0.2) is 0 Å². The first kappa shape index (κ1) is 19.1. The summed E-state index contributed by atoms with van der Waals surface area (Å²) >= 11 is 0. The lowest BCUT2D eigenvalue weighted by molar-refractivity contribution is -0.135. The summed E-state index contributed by atoms with van der Waals surface area (Å²) in [6, 6.07) is 1.24. The lowest BCUT2D eigenvalue weighted by Crippen LogP contribution is -2.73. The average molecular weight is 373 g/mol. The normalized spacial score (nSPS) is 30.7. The van der Waals surface area contributed by atoms with Gasteiger partial charge in [-0.05, 0) is 25.2 Å². The van der Waals surface area contributed by atoms with E-state index < -0.39 is 10.0 Å². The number of likely N-dealkylation sites (tertiary alicyclic amines) is 1. The van der Waals surface area contributed by atoms with Crippen molar-refractivity contribution in [1.82, 2.24) is 19.4 Å². The second-order valence-electron chi connectivity index (χ2n) is 8.47. The minimum atomic E-state index is -3.19. The molecule has 3 aliphatic rings. The smallest absolute Gasteiger partial charge is 0.224 e. The molecule has 0 radical (unpaired) electrons. The van der Waals surface area contributed by atoms with Gasteiger partial charge in [-0.1, -0.05) is 6.92 Å². The van der Waals surface area contributed by atoms with Crippen molar-refractivity contribution in [2.24, 2.45) is 5.92 Å². The average Bonchev–Trinajstić information content (AvgIpc) is 3.17. The molecule has 3 rings (SSSR count). The van der Waals surface area contributed by atoms with Crippen molar-refractivity contribution >= 4 is 15.9 Å². The molecular weight excluding hydrogens is 340 g/mol. The Labute approximate surface area is 151 Å². The third kappa shape index (κ3) is 4.18. The maximum Gasteiger partial charge on any atom is 0.224 e. The number of carbonyl (C=O) groups is 1. The largest absolute Gasteiger partial charge is 0.349 e. The molecule has 0 aromatic heterocycles. The van der Waals surface area contributed by atoms with E-state index in [4.69, 9.17) is 0 Å². The Morgan fingerprint density at radius 2 is 1.80 bits per heavy atom. The summed E-state index contributed by atoms with van der Waals surface area (Å²) in [5.74, 6) is 0.872. The number of hydrogen-bond acceptors (Lipinski definition) is 5. The molecule has 0 bridgehead atoms. The van der Waals surface area contributed by atoms with Crippen LogP contribution < -0.4 is 5.32 Å². The molecule has 1 amide bonds. The number of hydrogen-bond donors (Lipinski definition) is 1. The Kier molecular flexibility index (Phi) is 5.18. The predicted molar refractivity (Wildman–Crippen MR) is 97.8 cm³/mol. The Balaban J connectivity index is 1.61. The first-order valence-electron chi connectivity index (χ1n) is 9.27. The summed E-state index contributed by atoms with van der Waals surface area (Å²) in [6.07, 6.45) is 5.06. The van der Waals surface area contributed by atoms with Crippen molar-refractivity contribution < 1.29 is 13.2 Å². The Morgan fingerprint density at radius 1 is 1.24 bits per heavy atom. The summed E-state index contributed by atoms with van der Waals surface area (Å²) in [6.45, 7) is 5.00. The SMILES string of the molecule is C[C@@H]1C[C@H]1NC1CCN(C2(CC(=O)N(C)C)CN(S(C)(=O)=O)C2)CC1. The molecule has 0 aromatic rings. The minimum absolute atomic E-state index is 0.0696. The van der Waals surface area contributed by atoms with Gasteiger partial charge in [-0.2, -0.15) is 4.31 Å². The fraction of sp³-hybridized carbons (Fsp3) is 0.941. The van der Waals surface area contributed by atoms with Gasteiger partial charge in [0, 0.05) is 58.8 Å². The zero-order chi connectivity index (χ0) is 18.4. The zero-order valence-corrected chi connectivity index (χ0v) is 16.7. The van der Waals surface area contributed by atoms with Gasteiger partial charge in [0.1, 0.15) is 0 Å². The number of amides is 1. The van der Waals surface area contributed by atoms with Crippen LogP contribution >= 0.6 is 0 Å². The molecule has 3 fully saturated rings. The van der Waals surface area contributed by atoms with E-state index in [1.807, 2.05) is 0 Å². The molecule has 144 valence electrons. The van der Waals surface area contributed by atoms with Gasteiger partial charge in [0.05, 0.1) is 11.8 Å². The number of nitrogens with zero attached hydrogens (tertiary/aromatic N) is 3. The van der Waals surface area contributed by atoms with Crippen LogP contribution in [0, 0.1) is 5.92 Å². The zero-order valence-electron chi connectivity index (χ0n) is 15.9. The number of sulfonamides is 1. The summed E-state index contributed by atoms with van der Waals surface area (Å²) < 4.78 is 25.1. The Bertz CT molecular complexity index is 607. The minimum Gasteiger partial charge on any atom is -0.349 e. The first-order chi connectivity index (χ1) is 11.6. The molecular formula is C17H32N4O3S. The molecule has 8 heteroatoms. The van der Waals surface area contributed by atoms with E-state index >= 15 is 0 Å². The van der Waals surface area contributed by atoms with E-state index in [9.17, 15) is 13.2 Å². The molecule has 0 aromatic carbocycles. The van der Waals surface area contributed by atoms with E-state index in [1.165, 1.54) is 17.0 Å². The standard InChI is InChI=1S/C17H32N4O3S/c1-13-9-15(13)18-14-5-7-20(8-6-14)17(10-16(22)19(2)3)11-21(12-17)25(4,23)24/h13-15,18H,5-12H2,1-4H3/t13-,15-/m1/s1. The highest BCUT2D eigenvalue weighted by Gasteiger charge is 2.52. The summed E-state index contributed by atoms with van der Waals surface area (Å²) in [5, 5.41) is 3.73. The van der Waals surface area contributed by atoms with Crippen molar-refractivity contribution in [2.75, 3.05) is 46.5 Å². The molecule has 1 N–H and O–H groups in total. The molecule has 0 spiro atoms. The van der Waals surface area contributed by atoms with Crippen molar-refractivity contribution in [2.45, 2.75) is 50.2 Å². The number of nitrogens with one attached hydrogen (secondary N) is 1. The highest BCUT2D eigenvalue weighted by Crippen LogP contribution is 2.36. The van der Waals surface area contributed by atoms with Crippen LogP contribution in [0.4, 0.5) is 0 Å². The van der Waals surface area contributed by atoms with Crippen LogP contribution in [0.2, 0.25) is 0 Å². The van der Waals surface area contributed by atoms with Crippen molar-refractivity contribution in [3.8, 4) is 0 Å². The maximum atomic E-state index is 12.3. The third-order valence-electron chi connectivity index (χ3n) is 6.11. The van der Waals surface area contributed by atoms with Gasteiger partial charge in [-0.3, -0.25) is 9.69 Å². The molecule has 7 nitrogen and oxygen atoms in total. The monoisotopic (exact) mass is 372 g/mol. The Morgan fingerprint density at radius 3 is 2.24 bits per heavy atom. The van der Waals surface area contributed by atoms with E-state index in [0.29, 0.717) is 31.6 Å². The van der Waals surface area contributed by atoms with E-state index in [0.717, 1.165) is 31.8 Å². The van der Waals surface area contributed by atoms with Gasteiger partial charge < -0.3 is 10.2 Å². The van der Waals surface area contributed by atoms with Gasteiger partial charge >= 0.3 is 0 Å². The van der Waals surface area contributed by atoms with Crippen LogP contribution in [0.3, 0.4) is 0 Å². The van der Waals surface area contributed by atoms with Gasteiger partial charge in [-0.15, -0.1) is 0 Å². The van der Waals surface area contributed by atoms with Crippen molar-refractivity contribution in [3.63, 3.8) is 0 Å². The van der Waals surface area contributed by atoms with Gasteiger partial charge in [0.25, 0.3) is 0 Å². The van der Waals surface area contributed by atoms with Crippen LogP contribution in [-0.2, 0) is 14.8 Å². The van der Waals surface area contributed by atoms with Gasteiger partial charge in [0.15, 0.2) is 0 Å². The first-order valence-corrected chi connectivity index (χ1v) is 11.1. The van der Waals surface area contributed by atoms with Gasteiger partial charge in [0.2, 0.25) is 15.9 Å². The fourth-order valence-corrected chi connectivity index (χ4v) is 5.04. The quantitative estimate of drug-likeness (QED) is 0.707. The number of carbonyl (C=O) groups excluding carboxylic acids is 1. The lowest BCUT2D eigenvalue weighted by Gasteiger charge is -2.56. The molecule has 2 saturated heterocycles. The summed E-state index contributed by atoms with van der Waals surface area (Å²) in [7, 11) is 0.333. The summed E-state index contributed by atoms with van der Waals surface area (Å²) in [4.78, 5) is 16.3. The van der Waals surface area contributed by atoms with E-state index in [2.05, 4.69) is 17.1 Å². The molecule has 1 aliphatic carbocycles. The number of piperidine rings is 1. The lowest BCUT2D eigenvalue weighted by atomic mass is 9.83. The van der Waals surface area contributed by atoms with E-state index in [-0.39, 0.29) is 11.4 Å². The topological polar surface area (TPSA) is 73.0 Å². The predicted octanol–water partition coefficient (Wildman–Crippen LogP) is -0.0589.